The van der Waals surface area contributed by atoms with Gasteiger partial charge < -0.3 is 5.11 Å². The lowest BCUT2D eigenvalue weighted by Gasteiger charge is -2.10. The van der Waals surface area contributed by atoms with Crippen LogP contribution in [0.3, 0.4) is 0 Å². The Hall–Kier alpha value is -1.82. The Morgan fingerprint density at radius 1 is 1.28 bits per heavy atom. The zero-order chi connectivity index (χ0) is 13.3. The molecule has 0 fully saturated rings. The molecule has 96 valence electrons. The van der Waals surface area contributed by atoms with Crippen LogP contribution in [-0.2, 0) is 13.5 Å². The first-order valence-corrected chi connectivity index (χ1v) is 5.28. The van der Waals surface area contributed by atoms with E-state index in [1.54, 1.807) is 24.0 Å². The molecular weight excluding hydrogens is 245 g/mol. The van der Waals surface area contributed by atoms with Crippen molar-refractivity contribution in [3.05, 3.63) is 53.1 Å². The number of rotatable bonds is 3. The van der Waals surface area contributed by atoms with Gasteiger partial charge in [-0.2, -0.15) is 5.10 Å². The van der Waals surface area contributed by atoms with E-state index in [2.05, 4.69) is 5.10 Å². The van der Waals surface area contributed by atoms with E-state index in [0.717, 1.165) is 12.1 Å². The van der Waals surface area contributed by atoms with E-state index >= 15 is 0 Å². The SMILES string of the molecule is Cn1ccc(CC(O)c2cc(F)c(F)c(F)c2)n1. The summed E-state index contributed by atoms with van der Waals surface area (Å²) in [6, 6.07) is 3.25. The summed E-state index contributed by atoms with van der Waals surface area (Å²) < 4.78 is 40.3. The maximum atomic E-state index is 13.0. The quantitative estimate of drug-likeness (QED) is 0.854. The summed E-state index contributed by atoms with van der Waals surface area (Å²) in [5, 5.41) is 13.9. The summed E-state index contributed by atoms with van der Waals surface area (Å²) >= 11 is 0. The molecule has 1 atom stereocenters. The molecule has 0 radical (unpaired) electrons. The molecule has 6 heteroatoms. The minimum atomic E-state index is -1.54. The van der Waals surface area contributed by atoms with Crippen molar-refractivity contribution in [3.8, 4) is 0 Å². The Bertz CT molecular complexity index is 545. The van der Waals surface area contributed by atoms with Gasteiger partial charge in [0.25, 0.3) is 0 Å². The number of aliphatic hydroxyl groups excluding tert-OH is 1. The lowest BCUT2D eigenvalue weighted by molar-refractivity contribution is 0.175. The van der Waals surface area contributed by atoms with Crippen molar-refractivity contribution >= 4 is 0 Å². The van der Waals surface area contributed by atoms with E-state index < -0.39 is 23.6 Å². The molecule has 1 aromatic heterocycles. The predicted molar refractivity (Wildman–Crippen MR) is 58.2 cm³/mol. The topological polar surface area (TPSA) is 38.0 Å². The van der Waals surface area contributed by atoms with Crippen molar-refractivity contribution in [2.24, 2.45) is 7.05 Å². The summed E-state index contributed by atoms with van der Waals surface area (Å²) in [4.78, 5) is 0. The smallest absolute Gasteiger partial charge is 0.194 e. The van der Waals surface area contributed by atoms with Gasteiger partial charge in [0.2, 0.25) is 0 Å². The zero-order valence-electron chi connectivity index (χ0n) is 9.57. The number of hydrogen-bond donors (Lipinski definition) is 1. The van der Waals surface area contributed by atoms with Crippen LogP contribution in [0.15, 0.2) is 24.4 Å². The van der Waals surface area contributed by atoms with Gasteiger partial charge in [0.1, 0.15) is 0 Å². The van der Waals surface area contributed by atoms with Gasteiger partial charge in [0.15, 0.2) is 17.5 Å². The van der Waals surface area contributed by atoms with E-state index in [4.69, 9.17) is 0 Å². The fourth-order valence-electron chi connectivity index (χ4n) is 1.66. The summed E-state index contributed by atoms with van der Waals surface area (Å²) in [5.74, 6) is -4.17. The van der Waals surface area contributed by atoms with Crippen LogP contribution in [0.5, 0.6) is 0 Å². The number of halogens is 3. The molecular formula is C12H11F3N2O. The zero-order valence-corrected chi connectivity index (χ0v) is 9.57. The van der Waals surface area contributed by atoms with Crippen molar-refractivity contribution in [2.75, 3.05) is 0 Å². The number of aryl methyl sites for hydroxylation is 1. The molecule has 2 aromatic rings. The van der Waals surface area contributed by atoms with E-state index in [0.29, 0.717) is 5.69 Å². The van der Waals surface area contributed by atoms with Gasteiger partial charge in [0, 0.05) is 19.7 Å². The van der Waals surface area contributed by atoms with Gasteiger partial charge in [-0.25, -0.2) is 13.2 Å². The fraction of sp³-hybridized carbons (Fsp3) is 0.250. The highest BCUT2D eigenvalue weighted by Crippen LogP contribution is 2.21. The Labute approximate surface area is 101 Å². The lowest BCUT2D eigenvalue weighted by Crippen LogP contribution is -2.05. The number of nitrogens with zero attached hydrogens (tertiary/aromatic N) is 2. The number of benzene rings is 1. The van der Waals surface area contributed by atoms with Crippen LogP contribution < -0.4 is 0 Å². The monoisotopic (exact) mass is 256 g/mol. The minimum Gasteiger partial charge on any atom is -0.388 e. The van der Waals surface area contributed by atoms with Gasteiger partial charge >= 0.3 is 0 Å². The van der Waals surface area contributed by atoms with E-state index in [1.165, 1.54) is 0 Å². The Morgan fingerprint density at radius 2 is 1.89 bits per heavy atom. The van der Waals surface area contributed by atoms with Crippen molar-refractivity contribution in [1.29, 1.82) is 0 Å². The molecule has 1 heterocycles. The molecule has 1 N–H and O–H groups in total. The molecule has 3 nitrogen and oxygen atoms in total. The second kappa shape index (κ2) is 4.81. The van der Waals surface area contributed by atoms with Gasteiger partial charge in [-0.05, 0) is 23.8 Å². The molecule has 0 amide bonds. The summed E-state index contributed by atoms with van der Waals surface area (Å²) in [5.41, 5.74) is 0.562. The lowest BCUT2D eigenvalue weighted by atomic mass is 10.0. The Kier molecular flexibility index (Phi) is 3.38. The molecule has 0 spiro atoms. The maximum absolute atomic E-state index is 13.0. The molecule has 0 aliphatic heterocycles. The van der Waals surface area contributed by atoms with Crippen molar-refractivity contribution in [3.63, 3.8) is 0 Å². The van der Waals surface area contributed by atoms with Gasteiger partial charge in [-0.3, -0.25) is 4.68 Å². The van der Waals surface area contributed by atoms with Crippen LogP contribution >= 0.6 is 0 Å². The molecule has 0 saturated heterocycles. The minimum absolute atomic E-state index is 0.0166. The first kappa shape index (κ1) is 12.6. The largest absolute Gasteiger partial charge is 0.388 e. The van der Waals surface area contributed by atoms with Gasteiger partial charge in [0.05, 0.1) is 11.8 Å². The first-order valence-electron chi connectivity index (χ1n) is 5.28. The Balaban J connectivity index is 2.21. The Morgan fingerprint density at radius 3 is 2.39 bits per heavy atom. The van der Waals surface area contributed by atoms with Crippen LogP contribution in [0, 0.1) is 17.5 Å². The van der Waals surface area contributed by atoms with Crippen LogP contribution in [0.25, 0.3) is 0 Å². The second-order valence-electron chi connectivity index (χ2n) is 4.00. The first-order chi connectivity index (χ1) is 8.47. The summed E-state index contributed by atoms with van der Waals surface area (Å²) in [6.07, 6.45) is 0.656. The van der Waals surface area contributed by atoms with E-state index in [1.807, 2.05) is 0 Å². The summed E-state index contributed by atoms with van der Waals surface area (Å²) in [6.45, 7) is 0. The van der Waals surface area contributed by atoms with Crippen LogP contribution in [0.4, 0.5) is 13.2 Å². The average Bonchev–Trinajstić information content (AvgIpc) is 2.71. The van der Waals surface area contributed by atoms with E-state index in [9.17, 15) is 18.3 Å². The molecule has 1 unspecified atom stereocenters. The highest BCUT2D eigenvalue weighted by atomic mass is 19.2. The molecule has 18 heavy (non-hydrogen) atoms. The standard InChI is InChI=1S/C12H11F3N2O/c1-17-3-2-8(16-17)6-11(18)7-4-9(13)12(15)10(14)5-7/h2-5,11,18H,6H2,1H3. The van der Waals surface area contributed by atoms with Crippen molar-refractivity contribution in [1.82, 2.24) is 9.78 Å². The third-order valence-electron chi connectivity index (χ3n) is 2.56. The molecule has 0 aliphatic carbocycles. The van der Waals surface area contributed by atoms with Crippen molar-refractivity contribution < 1.29 is 18.3 Å². The van der Waals surface area contributed by atoms with E-state index in [-0.39, 0.29) is 12.0 Å². The van der Waals surface area contributed by atoms with Gasteiger partial charge in [-0.1, -0.05) is 0 Å². The van der Waals surface area contributed by atoms with Gasteiger partial charge in [-0.15, -0.1) is 0 Å². The normalized spacial score (nSPS) is 12.7. The predicted octanol–water partition coefficient (Wildman–Crippen LogP) is 2.11. The van der Waals surface area contributed by atoms with Crippen molar-refractivity contribution in [2.45, 2.75) is 12.5 Å². The molecule has 0 aliphatic rings. The second-order valence-corrected chi connectivity index (χ2v) is 4.00. The molecule has 0 bridgehead atoms. The molecule has 2 rings (SSSR count). The maximum Gasteiger partial charge on any atom is 0.194 e. The molecule has 1 aromatic carbocycles. The van der Waals surface area contributed by atoms with Crippen LogP contribution in [0.2, 0.25) is 0 Å². The number of aromatic nitrogens is 2. The average molecular weight is 256 g/mol. The fourth-order valence-corrected chi connectivity index (χ4v) is 1.66. The number of hydrogen-bond acceptors (Lipinski definition) is 2. The summed E-state index contributed by atoms with van der Waals surface area (Å²) in [7, 11) is 1.72. The molecule has 0 saturated carbocycles. The van der Waals surface area contributed by atoms with Crippen LogP contribution in [0.1, 0.15) is 17.4 Å². The number of aliphatic hydroxyl groups is 1. The third kappa shape index (κ3) is 2.53. The van der Waals surface area contributed by atoms with Crippen LogP contribution in [-0.4, -0.2) is 14.9 Å². The highest BCUT2D eigenvalue weighted by Gasteiger charge is 2.16. The third-order valence-corrected chi connectivity index (χ3v) is 2.56. The highest BCUT2D eigenvalue weighted by molar-refractivity contribution is 5.22.